The second-order valence-corrected chi connectivity index (χ2v) is 6.29. The maximum atomic E-state index is 11.8. The van der Waals surface area contributed by atoms with Crippen molar-refractivity contribution >= 4 is 55.6 Å². The number of amides is 2. The van der Waals surface area contributed by atoms with Crippen molar-refractivity contribution < 1.29 is 14.3 Å². The predicted octanol–water partition coefficient (Wildman–Crippen LogP) is 3.31. The number of anilines is 1. The molecule has 0 spiro atoms. The molecule has 0 aliphatic rings. The molecule has 0 heterocycles. The molecule has 0 unspecified atom stereocenters. The second-order valence-electron chi connectivity index (χ2n) is 4.52. The lowest BCUT2D eigenvalue weighted by Gasteiger charge is -2.06. The number of hydrazone groups is 1. The molecule has 8 heteroatoms. The maximum Gasteiger partial charge on any atom is 0.329 e. The third kappa shape index (κ3) is 4.90. The van der Waals surface area contributed by atoms with Gasteiger partial charge in [-0.3, -0.25) is 9.59 Å². The smallest absolute Gasteiger partial charge is 0.329 e. The van der Waals surface area contributed by atoms with Crippen LogP contribution in [-0.2, 0) is 9.59 Å². The Morgan fingerprint density at radius 2 is 1.88 bits per heavy atom. The lowest BCUT2D eigenvalue weighted by atomic mass is 10.2. The van der Waals surface area contributed by atoms with Crippen LogP contribution >= 0.6 is 31.9 Å². The normalized spacial score (nSPS) is 10.5. The fourth-order valence-corrected chi connectivity index (χ4v) is 2.52. The number of carbonyl (C=O) groups is 2. The molecule has 124 valence electrons. The number of rotatable bonds is 4. The van der Waals surface area contributed by atoms with Gasteiger partial charge in [-0.05, 0) is 46.3 Å². The number of para-hydroxylation sites is 1. The van der Waals surface area contributed by atoms with E-state index in [1.165, 1.54) is 13.3 Å². The van der Waals surface area contributed by atoms with Crippen molar-refractivity contribution in [3.05, 3.63) is 57.0 Å². The number of ether oxygens (including phenoxy) is 1. The lowest BCUT2D eigenvalue weighted by molar-refractivity contribution is -0.136. The molecule has 2 aromatic carbocycles. The highest BCUT2D eigenvalue weighted by atomic mass is 79.9. The van der Waals surface area contributed by atoms with Gasteiger partial charge in [-0.25, -0.2) is 5.43 Å². The highest BCUT2D eigenvalue weighted by Gasteiger charge is 2.14. The molecule has 0 saturated heterocycles. The van der Waals surface area contributed by atoms with E-state index in [1.54, 1.807) is 36.4 Å². The summed E-state index contributed by atoms with van der Waals surface area (Å²) in [7, 11) is 1.53. The minimum atomic E-state index is -0.879. The number of methoxy groups -OCH3 is 1. The first-order valence-electron chi connectivity index (χ1n) is 6.73. The fraction of sp³-hybridized carbons (Fsp3) is 0.0625. The van der Waals surface area contributed by atoms with E-state index in [4.69, 9.17) is 4.74 Å². The van der Waals surface area contributed by atoms with Crippen LogP contribution in [0, 0.1) is 0 Å². The topological polar surface area (TPSA) is 79.8 Å². The molecule has 0 aliphatic heterocycles. The van der Waals surface area contributed by atoms with Gasteiger partial charge >= 0.3 is 11.8 Å². The molecule has 2 N–H and O–H groups in total. The fourth-order valence-electron chi connectivity index (χ4n) is 1.76. The van der Waals surface area contributed by atoms with Crippen LogP contribution < -0.4 is 15.5 Å². The Morgan fingerprint density at radius 3 is 2.58 bits per heavy atom. The van der Waals surface area contributed by atoms with Crippen molar-refractivity contribution in [2.75, 3.05) is 12.4 Å². The van der Waals surface area contributed by atoms with Gasteiger partial charge in [-0.15, -0.1) is 0 Å². The van der Waals surface area contributed by atoms with E-state index in [1.807, 2.05) is 6.07 Å². The summed E-state index contributed by atoms with van der Waals surface area (Å²) in [5.41, 5.74) is 3.32. The number of hydrogen-bond donors (Lipinski definition) is 2. The summed E-state index contributed by atoms with van der Waals surface area (Å²) < 4.78 is 6.70. The average molecular weight is 455 g/mol. The van der Waals surface area contributed by atoms with Gasteiger partial charge in [-0.2, -0.15) is 5.10 Å². The van der Waals surface area contributed by atoms with Crippen LogP contribution in [0.3, 0.4) is 0 Å². The molecule has 0 radical (unpaired) electrons. The third-order valence-electron chi connectivity index (χ3n) is 2.89. The van der Waals surface area contributed by atoms with Crippen LogP contribution in [0.2, 0.25) is 0 Å². The maximum absolute atomic E-state index is 11.8. The van der Waals surface area contributed by atoms with Gasteiger partial charge in [-0.1, -0.05) is 28.1 Å². The molecule has 2 amide bonds. The third-order valence-corrected chi connectivity index (χ3v) is 4.07. The number of benzene rings is 2. The van der Waals surface area contributed by atoms with Crippen LogP contribution in [-0.4, -0.2) is 25.1 Å². The summed E-state index contributed by atoms with van der Waals surface area (Å²) in [6.45, 7) is 0. The Morgan fingerprint density at radius 1 is 1.12 bits per heavy atom. The van der Waals surface area contributed by atoms with E-state index >= 15 is 0 Å². The zero-order valence-corrected chi connectivity index (χ0v) is 15.7. The van der Waals surface area contributed by atoms with Crippen LogP contribution in [0.1, 0.15) is 5.56 Å². The van der Waals surface area contributed by atoms with Crippen LogP contribution in [0.5, 0.6) is 5.75 Å². The highest BCUT2D eigenvalue weighted by Crippen LogP contribution is 2.22. The number of nitrogens with zero attached hydrogens (tertiary/aromatic N) is 1. The van der Waals surface area contributed by atoms with Crippen molar-refractivity contribution in [1.82, 2.24) is 5.43 Å². The van der Waals surface area contributed by atoms with Gasteiger partial charge < -0.3 is 10.1 Å². The molecule has 0 saturated carbocycles. The predicted molar refractivity (Wildman–Crippen MR) is 99.2 cm³/mol. The summed E-state index contributed by atoms with van der Waals surface area (Å²) in [5, 5.41) is 6.26. The number of halogens is 2. The summed E-state index contributed by atoms with van der Waals surface area (Å²) in [4.78, 5) is 23.6. The van der Waals surface area contributed by atoms with E-state index in [-0.39, 0.29) is 0 Å². The molecule has 2 rings (SSSR count). The van der Waals surface area contributed by atoms with E-state index < -0.39 is 11.8 Å². The average Bonchev–Trinajstić information content (AvgIpc) is 2.57. The van der Waals surface area contributed by atoms with E-state index in [9.17, 15) is 9.59 Å². The second kappa shape index (κ2) is 8.60. The Labute approximate surface area is 155 Å². The first-order valence-corrected chi connectivity index (χ1v) is 8.32. The first kappa shape index (κ1) is 18.2. The largest absolute Gasteiger partial charge is 0.496 e. The van der Waals surface area contributed by atoms with E-state index in [0.29, 0.717) is 21.5 Å². The van der Waals surface area contributed by atoms with Gasteiger partial charge in [0.25, 0.3) is 0 Å². The van der Waals surface area contributed by atoms with E-state index in [2.05, 4.69) is 47.7 Å². The van der Waals surface area contributed by atoms with Gasteiger partial charge in [0.15, 0.2) is 0 Å². The van der Waals surface area contributed by atoms with Crippen molar-refractivity contribution in [1.29, 1.82) is 0 Å². The molecular weight excluding hydrogens is 442 g/mol. The molecule has 6 nitrogen and oxygen atoms in total. The zero-order valence-electron chi connectivity index (χ0n) is 12.5. The quantitative estimate of drug-likeness (QED) is 0.422. The summed E-state index contributed by atoms with van der Waals surface area (Å²) >= 11 is 6.63. The van der Waals surface area contributed by atoms with Crippen molar-refractivity contribution in [3.63, 3.8) is 0 Å². The molecule has 0 aliphatic carbocycles. The van der Waals surface area contributed by atoms with Crippen molar-refractivity contribution in [2.45, 2.75) is 0 Å². The molecule has 24 heavy (non-hydrogen) atoms. The number of hydrogen-bond acceptors (Lipinski definition) is 4. The van der Waals surface area contributed by atoms with Gasteiger partial charge in [0.1, 0.15) is 5.75 Å². The molecule has 0 aromatic heterocycles. The van der Waals surface area contributed by atoms with Crippen molar-refractivity contribution in [3.8, 4) is 5.75 Å². The standard InChI is InChI=1S/C16H13Br2N3O3/c1-24-14-7-6-11(17)8-10(14)9-19-21-16(23)15(22)20-13-5-3-2-4-12(13)18/h2-9H,1H3,(H,20,22)(H,21,23). The molecule has 0 bridgehead atoms. The summed E-state index contributed by atoms with van der Waals surface area (Å²) in [6, 6.07) is 12.3. The molecule has 0 fully saturated rings. The summed E-state index contributed by atoms with van der Waals surface area (Å²) in [5.74, 6) is -1.11. The van der Waals surface area contributed by atoms with E-state index in [0.717, 1.165) is 4.47 Å². The summed E-state index contributed by atoms with van der Waals surface area (Å²) in [6.07, 6.45) is 1.40. The van der Waals surface area contributed by atoms with Gasteiger partial charge in [0.05, 0.1) is 19.0 Å². The van der Waals surface area contributed by atoms with Gasteiger partial charge in [0.2, 0.25) is 0 Å². The lowest BCUT2D eigenvalue weighted by Crippen LogP contribution is -2.32. The molecule has 2 aromatic rings. The number of nitrogens with one attached hydrogen (secondary N) is 2. The van der Waals surface area contributed by atoms with Crippen molar-refractivity contribution in [2.24, 2.45) is 5.10 Å². The minimum Gasteiger partial charge on any atom is -0.496 e. The SMILES string of the molecule is COc1ccc(Br)cc1C=NNC(=O)C(=O)Nc1ccccc1Br. The van der Waals surface area contributed by atoms with Crippen LogP contribution in [0.25, 0.3) is 0 Å². The zero-order chi connectivity index (χ0) is 17.5. The van der Waals surface area contributed by atoms with Gasteiger partial charge in [0, 0.05) is 14.5 Å². The Bertz CT molecular complexity index is 794. The van der Waals surface area contributed by atoms with Crippen LogP contribution in [0.15, 0.2) is 56.5 Å². The Hall–Kier alpha value is -2.19. The minimum absolute atomic E-state index is 0.496. The monoisotopic (exact) mass is 453 g/mol. The Balaban J connectivity index is 1.99. The van der Waals surface area contributed by atoms with Crippen LogP contribution in [0.4, 0.5) is 5.69 Å². The number of carbonyl (C=O) groups excluding carboxylic acids is 2. The molecular formula is C16H13Br2N3O3. The first-order chi connectivity index (χ1) is 11.5. The molecule has 0 atom stereocenters. The Kier molecular flexibility index (Phi) is 6.51. The highest BCUT2D eigenvalue weighted by molar-refractivity contribution is 9.10.